The van der Waals surface area contributed by atoms with Crippen molar-refractivity contribution in [2.75, 3.05) is 42.5 Å². The fourth-order valence-electron chi connectivity index (χ4n) is 3.94. The van der Waals surface area contributed by atoms with E-state index in [0.29, 0.717) is 42.5 Å². The second-order valence-corrected chi connectivity index (χ2v) is 8.27. The van der Waals surface area contributed by atoms with Gasteiger partial charge in [-0.25, -0.2) is 0 Å². The maximum atomic E-state index is 12.6. The van der Waals surface area contributed by atoms with Gasteiger partial charge in [-0.15, -0.1) is 0 Å². The van der Waals surface area contributed by atoms with Gasteiger partial charge in [0, 0.05) is 50.4 Å². The van der Waals surface area contributed by atoms with Gasteiger partial charge in [0.2, 0.25) is 11.1 Å². The minimum Gasteiger partial charge on any atom is -0.367 e. The topological polar surface area (TPSA) is 60.9 Å². The highest BCUT2D eigenvalue weighted by atomic mass is 35.5. The highest BCUT2D eigenvalue weighted by molar-refractivity contribution is 6.64. The molecule has 2 aliphatic rings. The third-order valence-corrected chi connectivity index (χ3v) is 6.23. The number of hydrogen-bond donors (Lipinski definition) is 0. The first-order valence-electron chi connectivity index (χ1n) is 9.82. The van der Waals surface area contributed by atoms with Crippen LogP contribution in [0.1, 0.15) is 16.8 Å². The summed E-state index contributed by atoms with van der Waals surface area (Å²) in [4.78, 5) is 41.8. The maximum absolute atomic E-state index is 12.6. The molecule has 2 aliphatic heterocycles. The van der Waals surface area contributed by atoms with Gasteiger partial charge in [0.25, 0.3) is 5.91 Å². The molecule has 0 bridgehead atoms. The van der Waals surface area contributed by atoms with Crippen LogP contribution < -0.4 is 9.80 Å². The van der Waals surface area contributed by atoms with Crippen molar-refractivity contribution < 1.29 is 14.4 Å². The molecule has 0 aromatic heterocycles. The van der Waals surface area contributed by atoms with Crippen molar-refractivity contribution in [3.63, 3.8) is 0 Å². The summed E-state index contributed by atoms with van der Waals surface area (Å²) in [6.45, 7) is 2.83. The molecule has 4 rings (SSSR count). The Labute approximate surface area is 184 Å². The summed E-state index contributed by atoms with van der Waals surface area (Å²) in [5.74, 6) is -0.577. The van der Waals surface area contributed by atoms with Crippen LogP contribution in [0.2, 0.25) is 5.02 Å². The Hall–Kier alpha value is -2.57. The molecule has 2 amide bonds. The first-order chi connectivity index (χ1) is 14.4. The standard InChI is InChI=1S/C22H21Cl2N3O3/c23-18-13-17(27-14-16(21(24)29)12-20(27)28)6-7-19(18)25-8-10-26(11-9-25)22(30)15-4-2-1-3-5-15/h1-7,13,16H,8-12,14H2/t16-/m0/s1. The fraction of sp³-hybridized carbons (Fsp3) is 0.318. The molecule has 0 unspecified atom stereocenters. The van der Waals surface area contributed by atoms with E-state index >= 15 is 0 Å². The Bertz CT molecular complexity index is 975. The Morgan fingerprint density at radius 3 is 2.27 bits per heavy atom. The van der Waals surface area contributed by atoms with Crippen molar-refractivity contribution in [1.82, 2.24) is 4.90 Å². The zero-order valence-electron chi connectivity index (χ0n) is 16.3. The zero-order chi connectivity index (χ0) is 21.3. The first kappa shape index (κ1) is 20.7. The summed E-state index contributed by atoms with van der Waals surface area (Å²) >= 11 is 12.1. The minimum absolute atomic E-state index is 0.0348. The van der Waals surface area contributed by atoms with E-state index in [0.717, 1.165) is 5.69 Å². The van der Waals surface area contributed by atoms with E-state index in [4.69, 9.17) is 23.2 Å². The van der Waals surface area contributed by atoms with Crippen molar-refractivity contribution in [3.05, 3.63) is 59.1 Å². The molecule has 1 atom stereocenters. The molecule has 0 saturated carbocycles. The molecule has 0 aliphatic carbocycles. The minimum atomic E-state index is -0.489. The van der Waals surface area contributed by atoms with Crippen LogP contribution in [-0.4, -0.2) is 54.7 Å². The fourth-order valence-corrected chi connectivity index (χ4v) is 4.38. The lowest BCUT2D eigenvalue weighted by molar-refractivity contribution is -0.120. The van der Waals surface area contributed by atoms with Crippen LogP contribution in [-0.2, 0) is 9.59 Å². The average Bonchev–Trinajstić information content (AvgIpc) is 3.16. The van der Waals surface area contributed by atoms with Gasteiger partial charge in [0.05, 0.1) is 16.6 Å². The molecule has 8 heteroatoms. The lowest BCUT2D eigenvalue weighted by Crippen LogP contribution is -2.48. The van der Waals surface area contributed by atoms with E-state index in [9.17, 15) is 14.4 Å². The van der Waals surface area contributed by atoms with Gasteiger partial charge in [-0.05, 0) is 41.9 Å². The molecular weight excluding hydrogens is 425 g/mol. The smallest absolute Gasteiger partial charge is 0.253 e. The van der Waals surface area contributed by atoms with Gasteiger partial charge in [0.15, 0.2) is 0 Å². The van der Waals surface area contributed by atoms with E-state index in [1.807, 2.05) is 47.4 Å². The van der Waals surface area contributed by atoms with Crippen LogP contribution in [0.25, 0.3) is 0 Å². The summed E-state index contributed by atoms with van der Waals surface area (Å²) in [6, 6.07) is 14.7. The number of rotatable bonds is 4. The summed E-state index contributed by atoms with van der Waals surface area (Å²) in [6.07, 6.45) is 0.124. The normalized spacial score (nSPS) is 19.3. The predicted octanol–water partition coefficient (Wildman–Crippen LogP) is 3.42. The number of benzene rings is 2. The number of anilines is 2. The molecule has 2 fully saturated rings. The van der Waals surface area contributed by atoms with Crippen molar-refractivity contribution >= 4 is 51.6 Å². The van der Waals surface area contributed by atoms with E-state index in [2.05, 4.69) is 4.90 Å². The molecule has 0 radical (unpaired) electrons. The highest BCUT2D eigenvalue weighted by Gasteiger charge is 2.34. The Balaban J connectivity index is 1.42. The molecule has 2 heterocycles. The second-order valence-electron chi connectivity index (χ2n) is 7.49. The van der Waals surface area contributed by atoms with Gasteiger partial charge in [-0.2, -0.15) is 0 Å². The monoisotopic (exact) mass is 445 g/mol. The molecule has 2 saturated heterocycles. The molecule has 0 N–H and O–H groups in total. The number of nitrogens with zero attached hydrogens (tertiary/aromatic N) is 3. The second kappa shape index (κ2) is 8.66. The van der Waals surface area contributed by atoms with Gasteiger partial charge >= 0.3 is 0 Å². The van der Waals surface area contributed by atoms with Crippen LogP contribution in [0.4, 0.5) is 11.4 Å². The lowest BCUT2D eigenvalue weighted by Gasteiger charge is -2.36. The summed E-state index contributed by atoms with van der Waals surface area (Å²) < 4.78 is 0. The van der Waals surface area contributed by atoms with Crippen LogP contribution in [0.15, 0.2) is 48.5 Å². The maximum Gasteiger partial charge on any atom is 0.253 e. The number of hydrogen-bond acceptors (Lipinski definition) is 4. The van der Waals surface area contributed by atoms with Gasteiger partial charge < -0.3 is 14.7 Å². The summed E-state index contributed by atoms with van der Waals surface area (Å²) in [5.41, 5.74) is 2.22. The predicted molar refractivity (Wildman–Crippen MR) is 117 cm³/mol. The van der Waals surface area contributed by atoms with Crippen molar-refractivity contribution in [2.24, 2.45) is 5.92 Å². The third kappa shape index (κ3) is 4.16. The largest absolute Gasteiger partial charge is 0.367 e. The highest BCUT2D eigenvalue weighted by Crippen LogP contribution is 2.34. The van der Waals surface area contributed by atoms with Crippen LogP contribution in [0.5, 0.6) is 0 Å². The van der Waals surface area contributed by atoms with E-state index in [1.54, 1.807) is 11.0 Å². The number of amides is 2. The molecule has 0 spiro atoms. The van der Waals surface area contributed by atoms with E-state index in [1.165, 1.54) is 0 Å². The molecule has 156 valence electrons. The summed E-state index contributed by atoms with van der Waals surface area (Å²) in [7, 11) is 0. The van der Waals surface area contributed by atoms with Crippen LogP contribution in [0, 0.1) is 5.92 Å². The van der Waals surface area contributed by atoms with Crippen LogP contribution >= 0.6 is 23.2 Å². The number of halogens is 2. The Morgan fingerprint density at radius 1 is 0.967 bits per heavy atom. The van der Waals surface area contributed by atoms with Crippen molar-refractivity contribution in [1.29, 1.82) is 0 Å². The van der Waals surface area contributed by atoms with Crippen molar-refractivity contribution in [3.8, 4) is 0 Å². The van der Waals surface area contributed by atoms with Gasteiger partial charge in [0.1, 0.15) is 0 Å². The molecule has 6 nitrogen and oxygen atoms in total. The molecule has 2 aromatic carbocycles. The SMILES string of the molecule is O=C(Cl)[C@H]1CC(=O)N(c2ccc(N3CCN(C(=O)c4ccccc4)CC3)c(Cl)c2)C1. The average molecular weight is 446 g/mol. The van der Waals surface area contributed by atoms with E-state index in [-0.39, 0.29) is 24.8 Å². The molecule has 30 heavy (non-hydrogen) atoms. The first-order valence-corrected chi connectivity index (χ1v) is 10.6. The molecule has 2 aromatic rings. The van der Waals surface area contributed by atoms with Gasteiger partial charge in [-0.1, -0.05) is 29.8 Å². The number of carbonyl (C=O) groups excluding carboxylic acids is 3. The summed E-state index contributed by atoms with van der Waals surface area (Å²) in [5, 5.41) is 0.0419. The van der Waals surface area contributed by atoms with Crippen LogP contribution in [0.3, 0.4) is 0 Å². The lowest BCUT2D eigenvalue weighted by atomic mass is 10.1. The van der Waals surface area contributed by atoms with Crippen molar-refractivity contribution in [2.45, 2.75) is 6.42 Å². The quantitative estimate of drug-likeness (QED) is 0.676. The number of carbonyl (C=O) groups is 3. The molecular formula is C22H21Cl2N3O3. The third-order valence-electron chi connectivity index (χ3n) is 5.62. The van der Waals surface area contributed by atoms with Gasteiger partial charge in [-0.3, -0.25) is 14.4 Å². The van der Waals surface area contributed by atoms with E-state index < -0.39 is 11.2 Å². The zero-order valence-corrected chi connectivity index (χ0v) is 17.8. The Kier molecular flexibility index (Phi) is 5.97. The number of piperazine rings is 1. The Morgan fingerprint density at radius 2 is 1.67 bits per heavy atom.